The fourth-order valence-electron chi connectivity index (χ4n) is 3.90. The van der Waals surface area contributed by atoms with Gasteiger partial charge in [-0.1, -0.05) is 35.0 Å². The Bertz CT molecular complexity index is 1310. The van der Waals surface area contributed by atoms with E-state index in [0.29, 0.717) is 40.5 Å². The van der Waals surface area contributed by atoms with E-state index in [4.69, 9.17) is 21.1 Å². The third-order valence-electron chi connectivity index (χ3n) is 6.07. The summed E-state index contributed by atoms with van der Waals surface area (Å²) >= 11 is 6.19. The Balaban J connectivity index is 1.40. The standard InChI is InChI=1S/C24H24ClN7O4/c1-14(17-6-4-5-7-18(17)25)36-23(34)29-21-20(30-31-32(21)2)19-9-8-16(12-27-19)28-22(33)15-10-24(11-15,13-26)35-3/h4-9,12,14-15H,10-11H2,1-3H3,(H,28,33)(H,29,34)/t14-,15-,24+/m1/s1. The number of hydrogen-bond acceptors (Lipinski definition) is 8. The normalized spacial score (nSPS) is 19.5. The number of anilines is 2. The van der Waals surface area contributed by atoms with Gasteiger partial charge in [-0.3, -0.25) is 15.1 Å². The highest BCUT2D eigenvalue weighted by atomic mass is 35.5. The lowest BCUT2D eigenvalue weighted by Gasteiger charge is -2.40. The Kier molecular flexibility index (Phi) is 7.19. The first-order valence-corrected chi connectivity index (χ1v) is 11.5. The van der Waals surface area contributed by atoms with E-state index >= 15 is 0 Å². The third-order valence-corrected chi connectivity index (χ3v) is 6.41. The van der Waals surface area contributed by atoms with E-state index < -0.39 is 17.8 Å². The molecule has 0 unspecified atom stereocenters. The number of hydrogen-bond donors (Lipinski definition) is 2. The van der Waals surface area contributed by atoms with E-state index in [1.54, 1.807) is 44.3 Å². The largest absolute Gasteiger partial charge is 0.441 e. The zero-order valence-corrected chi connectivity index (χ0v) is 20.6. The van der Waals surface area contributed by atoms with Crippen LogP contribution in [0, 0.1) is 17.2 Å². The van der Waals surface area contributed by atoms with Crippen molar-refractivity contribution in [2.75, 3.05) is 17.7 Å². The van der Waals surface area contributed by atoms with Gasteiger partial charge >= 0.3 is 6.09 Å². The number of amides is 2. The summed E-state index contributed by atoms with van der Waals surface area (Å²) in [5, 5.41) is 23.2. The minimum absolute atomic E-state index is 0.204. The van der Waals surface area contributed by atoms with E-state index in [1.807, 2.05) is 6.07 Å². The van der Waals surface area contributed by atoms with Crippen LogP contribution in [0.4, 0.5) is 16.3 Å². The Labute approximate surface area is 212 Å². The predicted octanol–water partition coefficient (Wildman–Crippen LogP) is 4.10. The first-order valence-electron chi connectivity index (χ1n) is 11.1. The van der Waals surface area contributed by atoms with Crippen molar-refractivity contribution in [2.24, 2.45) is 13.0 Å². The fourth-order valence-corrected chi connectivity index (χ4v) is 4.19. The zero-order valence-electron chi connectivity index (χ0n) is 19.9. The summed E-state index contributed by atoms with van der Waals surface area (Å²) in [5.41, 5.74) is 1.05. The molecular weight excluding hydrogens is 486 g/mol. The monoisotopic (exact) mass is 509 g/mol. The van der Waals surface area contributed by atoms with Gasteiger partial charge in [-0.25, -0.2) is 9.48 Å². The lowest BCUT2D eigenvalue weighted by Crippen LogP contribution is -2.48. The minimum atomic E-state index is -0.883. The van der Waals surface area contributed by atoms with Crippen LogP contribution in [0.2, 0.25) is 5.02 Å². The maximum Gasteiger partial charge on any atom is 0.413 e. The average molecular weight is 510 g/mol. The van der Waals surface area contributed by atoms with Crippen LogP contribution in [0.15, 0.2) is 42.6 Å². The summed E-state index contributed by atoms with van der Waals surface area (Å²) in [7, 11) is 3.09. The van der Waals surface area contributed by atoms with Crippen LogP contribution in [-0.4, -0.2) is 44.7 Å². The van der Waals surface area contributed by atoms with Gasteiger partial charge in [-0.2, -0.15) is 5.26 Å². The number of halogens is 1. The Morgan fingerprint density at radius 2 is 2.00 bits per heavy atom. The Morgan fingerprint density at radius 1 is 1.25 bits per heavy atom. The van der Waals surface area contributed by atoms with Crippen molar-refractivity contribution in [1.82, 2.24) is 20.0 Å². The molecule has 2 amide bonds. The van der Waals surface area contributed by atoms with Gasteiger partial charge in [0.15, 0.2) is 17.1 Å². The van der Waals surface area contributed by atoms with Crippen LogP contribution in [-0.2, 0) is 21.3 Å². The van der Waals surface area contributed by atoms with Gasteiger partial charge in [0.2, 0.25) is 5.91 Å². The number of aryl methyl sites for hydroxylation is 1. The number of nitrogens with one attached hydrogen (secondary N) is 2. The molecule has 1 fully saturated rings. The third kappa shape index (κ3) is 5.15. The molecule has 186 valence electrons. The van der Waals surface area contributed by atoms with Gasteiger partial charge in [-0.05, 0) is 25.1 Å². The number of pyridine rings is 1. The van der Waals surface area contributed by atoms with Gasteiger partial charge < -0.3 is 14.8 Å². The highest BCUT2D eigenvalue weighted by Crippen LogP contribution is 2.40. The minimum Gasteiger partial charge on any atom is -0.441 e. The molecule has 36 heavy (non-hydrogen) atoms. The molecule has 3 aromatic rings. The Hall–Kier alpha value is -4.01. The van der Waals surface area contributed by atoms with Crippen molar-refractivity contribution in [2.45, 2.75) is 31.5 Å². The topological polar surface area (TPSA) is 144 Å². The number of rotatable bonds is 7. The molecule has 4 rings (SSSR count). The molecule has 0 aliphatic heterocycles. The lowest BCUT2D eigenvalue weighted by molar-refractivity contribution is -0.132. The number of nitrogens with zero attached hydrogens (tertiary/aromatic N) is 5. The second-order valence-corrected chi connectivity index (χ2v) is 8.85. The maximum atomic E-state index is 12.6. The predicted molar refractivity (Wildman–Crippen MR) is 131 cm³/mol. The highest BCUT2D eigenvalue weighted by Gasteiger charge is 2.48. The molecule has 0 bridgehead atoms. The first-order chi connectivity index (χ1) is 17.2. The highest BCUT2D eigenvalue weighted by molar-refractivity contribution is 6.31. The van der Waals surface area contributed by atoms with Gasteiger partial charge in [-0.15, -0.1) is 5.10 Å². The Morgan fingerprint density at radius 3 is 2.64 bits per heavy atom. The zero-order chi connectivity index (χ0) is 25.9. The molecule has 0 radical (unpaired) electrons. The summed E-state index contributed by atoms with van der Waals surface area (Å²) in [6, 6.07) is 12.5. The van der Waals surface area contributed by atoms with Gasteiger partial charge in [0, 0.05) is 43.5 Å². The molecule has 1 saturated carbocycles. The molecule has 12 heteroatoms. The number of ether oxygens (including phenoxy) is 2. The summed E-state index contributed by atoms with van der Waals surface area (Å²) < 4.78 is 12.1. The van der Waals surface area contributed by atoms with E-state index in [2.05, 4.69) is 32.0 Å². The molecule has 2 N–H and O–H groups in total. The van der Waals surface area contributed by atoms with Gasteiger partial charge in [0.1, 0.15) is 6.10 Å². The second kappa shape index (κ2) is 10.3. The van der Waals surface area contributed by atoms with Crippen molar-refractivity contribution in [3.63, 3.8) is 0 Å². The number of nitriles is 1. The van der Waals surface area contributed by atoms with Crippen LogP contribution in [0.5, 0.6) is 0 Å². The van der Waals surface area contributed by atoms with E-state index in [-0.39, 0.29) is 17.6 Å². The maximum absolute atomic E-state index is 12.6. The quantitative estimate of drug-likeness (QED) is 0.484. The summed E-state index contributed by atoms with van der Waals surface area (Å²) in [5.74, 6) is -0.221. The molecule has 2 aromatic heterocycles. The number of carbonyl (C=O) groups excluding carboxylic acids is 2. The van der Waals surface area contributed by atoms with Crippen LogP contribution < -0.4 is 10.6 Å². The van der Waals surface area contributed by atoms with Crippen molar-refractivity contribution in [1.29, 1.82) is 5.26 Å². The summed E-state index contributed by atoms with van der Waals surface area (Å²) in [4.78, 5) is 29.4. The van der Waals surface area contributed by atoms with Crippen molar-refractivity contribution in [3.05, 3.63) is 53.2 Å². The van der Waals surface area contributed by atoms with Gasteiger partial charge in [0.05, 0.1) is 23.6 Å². The molecule has 1 atom stereocenters. The fraction of sp³-hybridized carbons (Fsp3) is 0.333. The lowest BCUT2D eigenvalue weighted by atomic mass is 9.71. The molecule has 1 aliphatic rings. The number of methoxy groups -OCH3 is 1. The molecule has 0 saturated heterocycles. The van der Waals surface area contributed by atoms with E-state index in [9.17, 15) is 14.9 Å². The van der Waals surface area contributed by atoms with Crippen LogP contribution in [0.1, 0.15) is 31.4 Å². The number of aromatic nitrogens is 4. The molecule has 1 aromatic carbocycles. The van der Waals surface area contributed by atoms with Crippen LogP contribution in [0.25, 0.3) is 11.4 Å². The number of benzene rings is 1. The second-order valence-electron chi connectivity index (χ2n) is 8.44. The molecule has 0 spiro atoms. The van der Waals surface area contributed by atoms with Crippen molar-refractivity contribution >= 4 is 35.1 Å². The average Bonchev–Trinajstić information content (AvgIpc) is 3.19. The molecular formula is C24H24ClN7O4. The number of carbonyl (C=O) groups is 2. The van der Waals surface area contributed by atoms with Crippen LogP contribution in [0.3, 0.4) is 0 Å². The van der Waals surface area contributed by atoms with Crippen LogP contribution >= 0.6 is 11.6 Å². The van der Waals surface area contributed by atoms with E-state index in [1.165, 1.54) is 18.0 Å². The first kappa shape index (κ1) is 25.1. The smallest absolute Gasteiger partial charge is 0.413 e. The van der Waals surface area contributed by atoms with E-state index in [0.717, 1.165) is 0 Å². The molecule has 1 aliphatic carbocycles. The van der Waals surface area contributed by atoms with Crippen molar-refractivity contribution < 1.29 is 19.1 Å². The van der Waals surface area contributed by atoms with Gasteiger partial charge in [0.25, 0.3) is 0 Å². The summed E-state index contributed by atoms with van der Waals surface area (Å²) in [6.07, 6.45) is 0.884. The van der Waals surface area contributed by atoms with Crippen molar-refractivity contribution in [3.8, 4) is 17.5 Å². The summed E-state index contributed by atoms with van der Waals surface area (Å²) in [6.45, 7) is 1.72. The SMILES string of the molecule is CO[C@]1(C#N)C[C@H](C(=O)Nc2ccc(-c3nnn(C)c3NC(=O)O[C@H](C)c3ccccc3Cl)nc2)C1. The molecule has 11 nitrogen and oxygen atoms in total. The molecule has 2 heterocycles.